The first-order valence-electron chi connectivity index (χ1n) is 6.18. The van der Waals surface area contributed by atoms with E-state index in [1.807, 2.05) is 0 Å². The third-order valence-corrected chi connectivity index (χ3v) is 3.71. The van der Waals surface area contributed by atoms with Gasteiger partial charge in [0.1, 0.15) is 36.3 Å². The normalized spacial score (nSPS) is 30.9. The molecule has 114 valence electrons. The average Bonchev–Trinajstić information content (AvgIpc) is 3.02. The maximum absolute atomic E-state index is 10.1. The van der Waals surface area contributed by atoms with Gasteiger partial charge < -0.3 is 25.2 Å². The maximum Gasteiger partial charge on any atom is 0.167 e. The van der Waals surface area contributed by atoms with E-state index in [1.165, 1.54) is 17.2 Å². The Bertz CT molecular complexity index is 653. The topological polar surface area (TPSA) is 134 Å². The van der Waals surface area contributed by atoms with E-state index in [9.17, 15) is 15.3 Å². The fourth-order valence-corrected chi connectivity index (χ4v) is 2.52. The van der Waals surface area contributed by atoms with E-state index in [1.54, 1.807) is 0 Å². The second kappa shape index (κ2) is 5.44. The molecule has 0 amide bonds. The fourth-order valence-electron chi connectivity index (χ4n) is 2.35. The molecule has 0 aliphatic carbocycles. The molecule has 0 spiro atoms. The van der Waals surface area contributed by atoms with Crippen LogP contribution in [-0.4, -0.2) is 71.0 Å². The number of aromatic nitrogens is 4. The highest BCUT2D eigenvalue weighted by Crippen LogP contribution is 2.33. The molecule has 1 aliphatic heterocycles. The Morgan fingerprint density at radius 1 is 1.29 bits per heavy atom. The molecule has 0 bridgehead atoms. The Labute approximate surface area is 123 Å². The molecular weight excluding hydrogens is 304 g/mol. The summed E-state index contributed by atoms with van der Waals surface area (Å²) in [5.74, 6) is 0. The predicted octanol–water partition coefficient (Wildman–Crippen LogP) is -1.55. The number of aliphatic hydroxyl groups excluding tert-OH is 4. The molecule has 0 radical (unpaired) electrons. The van der Waals surface area contributed by atoms with E-state index >= 15 is 0 Å². The van der Waals surface area contributed by atoms with Crippen LogP contribution in [0.3, 0.4) is 0 Å². The molecule has 4 N–H and O–H groups in total. The summed E-state index contributed by atoms with van der Waals surface area (Å²) in [5.41, 5.74) is 0.654. The zero-order valence-corrected chi connectivity index (χ0v) is 11.4. The molecule has 21 heavy (non-hydrogen) atoms. The third kappa shape index (κ3) is 2.27. The lowest BCUT2D eigenvalue weighted by Crippen LogP contribution is -2.40. The summed E-state index contributed by atoms with van der Waals surface area (Å²) in [7, 11) is 0. The molecule has 1 saturated heterocycles. The van der Waals surface area contributed by atoms with E-state index in [2.05, 4.69) is 15.0 Å². The number of rotatable bonds is 3. The van der Waals surface area contributed by atoms with E-state index in [-0.39, 0.29) is 5.15 Å². The minimum Gasteiger partial charge on any atom is -0.394 e. The van der Waals surface area contributed by atoms with Crippen LogP contribution >= 0.6 is 11.6 Å². The zero-order chi connectivity index (χ0) is 15.1. The lowest BCUT2D eigenvalue weighted by molar-refractivity contribution is -0.0962. The van der Waals surface area contributed by atoms with Gasteiger partial charge in [0.15, 0.2) is 17.0 Å². The maximum atomic E-state index is 10.1. The quantitative estimate of drug-likeness (QED) is 0.500. The van der Waals surface area contributed by atoms with Crippen molar-refractivity contribution in [2.75, 3.05) is 6.61 Å². The van der Waals surface area contributed by atoms with Crippen molar-refractivity contribution in [2.45, 2.75) is 30.6 Å². The van der Waals surface area contributed by atoms with Crippen molar-refractivity contribution in [3.05, 3.63) is 17.8 Å². The van der Waals surface area contributed by atoms with E-state index < -0.39 is 37.3 Å². The SMILES string of the molecule is OC[C@@H](O)[C@H]1O[C@@H](n2cnc3c(Cl)ncnc32)[C@H](O)[C@@H]1O. The van der Waals surface area contributed by atoms with Crippen molar-refractivity contribution in [3.63, 3.8) is 0 Å². The molecule has 2 aromatic rings. The highest BCUT2D eigenvalue weighted by atomic mass is 35.5. The molecule has 3 heterocycles. The van der Waals surface area contributed by atoms with Crippen LogP contribution in [0.2, 0.25) is 5.15 Å². The van der Waals surface area contributed by atoms with Gasteiger partial charge >= 0.3 is 0 Å². The van der Waals surface area contributed by atoms with Gasteiger partial charge in [-0.25, -0.2) is 15.0 Å². The van der Waals surface area contributed by atoms with Gasteiger partial charge in [-0.2, -0.15) is 0 Å². The van der Waals surface area contributed by atoms with Crippen LogP contribution in [0, 0.1) is 0 Å². The highest BCUT2D eigenvalue weighted by molar-refractivity contribution is 6.33. The Morgan fingerprint density at radius 3 is 2.76 bits per heavy atom. The largest absolute Gasteiger partial charge is 0.394 e. The van der Waals surface area contributed by atoms with Gasteiger partial charge in [-0.15, -0.1) is 0 Å². The summed E-state index contributed by atoms with van der Waals surface area (Å²) >= 11 is 5.89. The fraction of sp³-hybridized carbons (Fsp3) is 0.545. The Morgan fingerprint density at radius 2 is 2.05 bits per heavy atom. The number of imidazole rings is 1. The van der Waals surface area contributed by atoms with Crippen molar-refractivity contribution >= 4 is 22.8 Å². The van der Waals surface area contributed by atoms with E-state index in [4.69, 9.17) is 21.4 Å². The zero-order valence-electron chi connectivity index (χ0n) is 10.6. The molecule has 0 unspecified atom stereocenters. The Kier molecular flexibility index (Phi) is 3.78. The molecule has 0 saturated carbocycles. The smallest absolute Gasteiger partial charge is 0.167 e. The summed E-state index contributed by atoms with van der Waals surface area (Å²) in [5, 5.41) is 38.7. The van der Waals surface area contributed by atoms with Crippen molar-refractivity contribution in [1.29, 1.82) is 0 Å². The molecule has 1 aliphatic rings. The van der Waals surface area contributed by atoms with E-state index in [0.717, 1.165) is 0 Å². The summed E-state index contributed by atoms with van der Waals surface area (Å²) < 4.78 is 6.83. The van der Waals surface area contributed by atoms with Crippen molar-refractivity contribution in [2.24, 2.45) is 0 Å². The summed E-state index contributed by atoms with van der Waals surface area (Å²) in [6.45, 7) is -0.597. The third-order valence-electron chi connectivity index (χ3n) is 3.43. The summed E-state index contributed by atoms with van der Waals surface area (Å²) in [6, 6.07) is 0. The first kappa shape index (κ1) is 14.6. The van der Waals surface area contributed by atoms with Gasteiger partial charge in [0.25, 0.3) is 0 Å². The monoisotopic (exact) mass is 316 g/mol. The first-order valence-corrected chi connectivity index (χ1v) is 6.56. The predicted molar refractivity (Wildman–Crippen MR) is 69.3 cm³/mol. The number of fused-ring (bicyclic) bond motifs is 1. The first-order chi connectivity index (χ1) is 10.0. The van der Waals surface area contributed by atoms with Gasteiger partial charge in [0, 0.05) is 0 Å². The molecule has 9 nitrogen and oxygen atoms in total. The van der Waals surface area contributed by atoms with Gasteiger partial charge in [-0.1, -0.05) is 11.6 Å². The number of ether oxygens (including phenoxy) is 1. The Hall–Kier alpha value is -1.36. The molecule has 5 atom stereocenters. The summed E-state index contributed by atoms with van der Waals surface area (Å²) in [4.78, 5) is 11.8. The number of aliphatic hydroxyl groups is 4. The van der Waals surface area contributed by atoms with Crippen LogP contribution in [0.4, 0.5) is 0 Å². The second-order valence-corrected chi connectivity index (χ2v) is 5.07. The van der Waals surface area contributed by atoms with Crippen LogP contribution < -0.4 is 0 Å². The van der Waals surface area contributed by atoms with Crippen LogP contribution in [0.15, 0.2) is 12.7 Å². The minimum atomic E-state index is -1.35. The summed E-state index contributed by atoms with van der Waals surface area (Å²) in [6.07, 6.45) is -3.53. The molecule has 1 fully saturated rings. The number of hydrogen-bond donors (Lipinski definition) is 4. The standard InChI is InChI=1S/C11H13ClN4O5/c12-9-5-10(14-2-13-9)16(3-15-5)11-7(20)6(19)8(21-11)4(18)1-17/h2-4,6-8,11,17-20H,1H2/t4-,6+,7-,8-,11-/m1/s1. The molecule has 0 aromatic carbocycles. The highest BCUT2D eigenvalue weighted by Gasteiger charge is 2.47. The number of halogens is 1. The van der Waals surface area contributed by atoms with Gasteiger partial charge in [-0.05, 0) is 0 Å². The number of hydrogen-bond acceptors (Lipinski definition) is 8. The van der Waals surface area contributed by atoms with Crippen LogP contribution in [0.5, 0.6) is 0 Å². The van der Waals surface area contributed by atoms with Gasteiger partial charge in [0.2, 0.25) is 0 Å². The lowest BCUT2D eigenvalue weighted by atomic mass is 10.1. The van der Waals surface area contributed by atoms with Crippen molar-refractivity contribution in [1.82, 2.24) is 19.5 Å². The van der Waals surface area contributed by atoms with Crippen LogP contribution in [0.25, 0.3) is 11.2 Å². The van der Waals surface area contributed by atoms with Gasteiger partial charge in [0.05, 0.1) is 12.9 Å². The van der Waals surface area contributed by atoms with Gasteiger partial charge in [-0.3, -0.25) is 4.57 Å². The average molecular weight is 317 g/mol. The number of nitrogens with zero attached hydrogens (tertiary/aromatic N) is 4. The molecule has 2 aromatic heterocycles. The van der Waals surface area contributed by atoms with Crippen molar-refractivity contribution < 1.29 is 25.2 Å². The minimum absolute atomic E-state index is 0.152. The molecule has 10 heteroatoms. The molecular formula is C11H13ClN4O5. The Balaban J connectivity index is 1.98. The van der Waals surface area contributed by atoms with Crippen LogP contribution in [0.1, 0.15) is 6.23 Å². The second-order valence-electron chi connectivity index (χ2n) is 4.71. The van der Waals surface area contributed by atoms with E-state index in [0.29, 0.717) is 11.2 Å². The molecule has 3 rings (SSSR count). The van der Waals surface area contributed by atoms with Crippen LogP contribution in [-0.2, 0) is 4.74 Å². The lowest BCUT2D eigenvalue weighted by Gasteiger charge is -2.18. The van der Waals surface area contributed by atoms with Crippen molar-refractivity contribution in [3.8, 4) is 0 Å².